The van der Waals surface area contributed by atoms with E-state index in [9.17, 15) is 4.79 Å². The van der Waals surface area contributed by atoms with Gasteiger partial charge in [0.2, 0.25) is 0 Å². The number of hydrogen-bond donors (Lipinski definition) is 1. The molecule has 3 aromatic rings. The minimum Gasteiger partial charge on any atom is -0.481 e. The molecular weight excluding hydrogens is 342 g/mol. The summed E-state index contributed by atoms with van der Waals surface area (Å²) < 4.78 is 5.79. The molecule has 3 aromatic carbocycles. The molecule has 0 unspecified atom stereocenters. The molecule has 0 fully saturated rings. The first-order chi connectivity index (χ1) is 12.6. The molecule has 0 saturated carbocycles. The number of carbonyl (C=O) groups is 1. The van der Waals surface area contributed by atoms with Crippen LogP contribution in [0.25, 0.3) is 10.8 Å². The summed E-state index contributed by atoms with van der Waals surface area (Å²) in [6, 6.07) is 22.4. The Morgan fingerprint density at radius 3 is 2.54 bits per heavy atom. The quantitative estimate of drug-likeness (QED) is 0.482. The maximum atomic E-state index is 12.2. The van der Waals surface area contributed by atoms with Gasteiger partial charge in [-0.1, -0.05) is 48.0 Å². The van der Waals surface area contributed by atoms with Crippen LogP contribution in [0.5, 0.6) is 5.75 Å². The second-order valence-corrected chi connectivity index (χ2v) is 7.39. The maximum absolute atomic E-state index is 12.2. The molecule has 26 heavy (non-hydrogen) atoms. The fourth-order valence-corrected chi connectivity index (χ4v) is 3.39. The second kappa shape index (κ2) is 8.77. The van der Waals surface area contributed by atoms with E-state index in [0.717, 1.165) is 16.5 Å². The fourth-order valence-electron chi connectivity index (χ4n) is 2.62. The number of rotatable bonds is 7. The van der Waals surface area contributed by atoms with Gasteiger partial charge in [0, 0.05) is 17.2 Å². The van der Waals surface area contributed by atoms with Crippen molar-refractivity contribution in [3.8, 4) is 5.75 Å². The van der Waals surface area contributed by atoms with E-state index in [2.05, 4.69) is 42.6 Å². The van der Waals surface area contributed by atoms with Crippen molar-refractivity contribution in [1.82, 2.24) is 5.32 Å². The van der Waals surface area contributed by atoms with E-state index in [-0.39, 0.29) is 5.91 Å². The van der Waals surface area contributed by atoms with Crippen LogP contribution in [-0.2, 0) is 4.79 Å². The van der Waals surface area contributed by atoms with E-state index >= 15 is 0 Å². The van der Waals surface area contributed by atoms with Crippen molar-refractivity contribution in [2.75, 3.05) is 12.3 Å². The Kier molecular flexibility index (Phi) is 6.18. The third-order valence-corrected chi connectivity index (χ3v) is 5.11. The largest absolute Gasteiger partial charge is 0.481 e. The van der Waals surface area contributed by atoms with Crippen molar-refractivity contribution >= 4 is 28.4 Å². The molecule has 0 aliphatic rings. The third-order valence-electron chi connectivity index (χ3n) is 4.09. The zero-order valence-electron chi connectivity index (χ0n) is 15.1. The summed E-state index contributed by atoms with van der Waals surface area (Å²) in [5.74, 6) is 1.44. The lowest BCUT2D eigenvalue weighted by Crippen LogP contribution is -2.37. The highest BCUT2D eigenvalue weighted by Crippen LogP contribution is 2.21. The zero-order valence-corrected chi connectivity index (χ0v) is 15.9. The van der Waals surface area contributed by atoms with Gasteiger partial charge < -0.3 is 10.1 Å². The van der Waals surface area contributed by atoms with E-state index in [1.807, 2.05) is 36.4 Å². The molecule has 4 heteroatoms. The van der Waals surface area contributed by atoms with Crippen molar-refractivity contribution in [1.29, 1.82) is 0 Å². The second-order valence-electron chi connectivity index (χ2n) is 6.22. The van der Waals surface area contributed by atoms with Crippen LogP contribution in [0.3, 0.4) is 0 Å². The molecule has 0 bridgehead atoms. The number of amides is 1. The van der Waals surface area contributed by atoms with Gasteiger partial charge in [-0.3, -0.25) is 4.79 Å². The number of nitrogens with one attached hydrogen (secondary N) is 1. The van der Waals surface area contributed by atoms with Crippen LogP contribution in [0.4, 0.5) is 0 Å². The van der Waals surface area contributed by atoms with E-state index < -0.39 is 6.10 Å². The van der Waals surface area contributed by atoms with Gasteiger partial charge in [-0.2, -0.15) is 0 Å². The minimum absolute atomic E-state index is 0.0948. The van der Waals surface area contributed by atoms with Crippen molar-refractivity contribution in [2.45, 2.75) is 24.8 Å². The highest BCUT2D eigenvalue weighted by atomic mass is 32.2. The van der Waals surface area contributed by atoms with Crippen LogP contribution in [-0.4, -0.2) is 24.3 Å². The van der Waals surface area contributed by atoms with Crippen LogP contribution in [0.2, 0.25) is 0 Å². The van der Waals surface area contributed by atoms with Crippen molar-refractivity contribution in [3.63, 3.8) is 0 Å². The Balaban J connectivity index is 1.45. The molecule has 0 radical (unpaired) electrons. The summed E-state index contributed by atoms with van der Waals surface area (Å²) >= 11 is 1.73. The smallest absolute Gasteiger partial charge is 0.260 e. The lowest BCUT2D eigenvalue weighted by atomic mass is 10.1. The SMILES string of the molecule is Cc1ccc(SCCNC(=O)[C@H](C)Oc2ccc3ccccc3c2)cc1. The van der Waals surface area contributed by atoms with Gasteiger partial charge in [0.25, 0.3) is 5.91 Å². The molecule has 1 atom stereocenters. The van der Waals surface area contributed by atoms with Gasteiger partial charge in [0.15, 0.2) is 6.10 Å². The molecule has 0 aliphatic carbocycles. The number of aryl methyl sites for hydroxylation is 1. The normalized spacial score (nSPS) is 11.9. The minimum atomic E-state index is -0.527. The van der Waals surface area contributed by atoms with Gasteiger partial charge >= 0.3 is 0 Å². The topological polar surface area (TPSA) is 38.3 Å². The Hall–Kier alpha value is -2.46. The van der Waals surface area contributed by atoms with Crippen LogP contribution in [0, 0.1) is 6.92 Å². The van der Waals surface area contributed by atoms with E-state index in [0.29, 0.717) is 12.3 Å². The summed E-state index contributed by atoms with van der Waals surface area (Å²) in [6.45, 7) is 4.46. The Morgan fingerprint density at radius 2 is 1.77 bits per heavy atom. The number of thioether (sulfide) groups is 1. The van der Waals surface area contributed by atoms with Gasteiger partial charge in [-0.15, -0.1) is 11.8 Å². The van der Waals surface area contributed by atoms with E-state index in [4.69, 9.17) is 4.74 Å². The molecule has 0 aliphatic heterocycles. The molecule has 0 saturated heterocycles. The zero-order chi connectivity index (χ0) is 18.4. The standard InChI is InChI=1S/C22H23NO2S/c1-16-7-11-21(12-8-16)26-14-13-23-22(24)17(2)25-20-10-9-18-5-3-4-6-19(18)15-20/h3-12,15,17H,13-14H2,1-2H3,(H,23,24)/t17-/m0/s1. The first kappa shape index (κ1) is 18.3. The molecule has 1 N–H and O–H groups in total. The van der Waals surface area contributed by atoms with E-state index in [1.165, 1.54) is 10.5 Å². The van der Waals surface area contributed by atoms with E-state index in [1.54, 1.807) is 18.7 Å². The highest BCUT2D eigenvalue weighted by Gasteiger charge is 2.14. The first-order valence-corrected chi connectivity index (χ1v) is 9.73. The molecule has 3 rings (SSSR count). The van der Waals surface area contributed by atoms with Crippen LogP contribution in [0.15, 0.2) is 71.6 Å². The molecule has 0 aromatic heterocycles. The molecule has 0 spiro atoms. The lowest BCUT2D eigenvalue weighted by molar-refractivity contribution is -0.127. The molecular formula is C22H23NO2S. The van der Waals surface area contributed by atoms with Gasteiger partial charge in [0.1, 0.15) is 5.75 Å². The average Bonchev–Trinajstić information content (AvgIpc) is 2.66. The summed E-state index contributed by atoms with van der Waals surface area (Å²) in [7, 11) is 0. The first-order valence-electron chi connectivity index (χ1n) is 8.74. The predicted molar refractivity (Wildman–Crippen MR) is 109 cm³/mol. The maximum Gasteiger partial charge on any atom is 0.260 e. The summed E-state index contributed by atoms with van der Waals surface area (Å²) in [4.78, 5) is 13.4. The van der Waals surface area contributed by atoms with Crippen molar-refractivity contribution < 1.29 is 9.53 Å². The Labute approximate surface area is 158 Å². The monoisotopic (exact) mass is 365 g/mol. The van der Waals surface area contributed by atoms with Crippen LogP contribution in [0.1, 0.15) is 12.5 Å². The Bertz CT molecular complexity index is 877. The number of fused-ring (bicyclic) bond motifs is 1. The summed E-state index contributed by atoms with van der Waals surface area (Å²) in [5, 5.41) is 5.20. The number of carbonyl (C=O) groups excluding carboxylic acids is 1. The van der Waals surface area contributed by atoms with Crippen LogP contribution < -0.4 is 10.1 Å². The fraction of sp³-hybridized carbons (Fsp3) is 0.227. The van der Waals surface area contributed by atoms with Crippen molar-refractivity contribution in [2.24, 2.45) is 0 Å². The van der Waals surface area contributed by atoms with Gasteiger partial charge in [-0.25, -0.2) is 0 Å². The molecule has 0 heterocycles. The molecule has 1 amide bonds. The summed E-state index contributed by atoms with van der Waals surface area (Å²) in [5.41, 5.74) is 1.25. The summed E-state index contributed by atoms with van der Waals surface area (Å²) in [6.07, 6.45) is -0.527. The molecule has 3 nitrogen and oxygen atoms in total. The number of hydrogen-bond acceptors (Lipinski definition) is 3. The third kappa shape index (κ3) is 5.02. The number of benzene rings is 3. The molecule has 134 valence electrons. The predicted octanol–water partition coefficient (Wildman–Crippen LogP) is 4.82. The Morgan fingerprint density at radius 1 is 1.04 bits per heavy atom. The van der Waals surface area contributed by atoms with Gasteiger partial charge in [-0.05, 0) is 48.9 Å². The number of ether oxygens (including phenoxy) is 1. The average molecular weight is 365 g/mol. The van der Waals surface area contributed by atoms with Crippen LogP contribution >= 0.6 is 11.8 Å². The van der Waals surface area contributed by atoms with Crippen molar-refractivity contribution in [3.05, 3.63) is 72.3 Å². The van der Waals surface area contributed by atoms with Gasteiger partial charge in [0.05, 0.1) is 0 Å². The lowest BCUT2D eigenvalue weighted by Gasteiger charge is -2.15. The highest BCUT2D eigenvalue weighted by molar-refractivity contribution is 7.99.